The molecular formula is C20H19ClN2O2. The van der Waals surface area contributed by atoms with Crippen molar-refractivity contribution in [1.82, 2.24) is 10.3 Å². The Morgan fingerprint density at radius 1 is 1.04 bits per heavy atom. The second-order valence-corrected chi connectivity index (χ2v) is 6.37. The molecule has 2 N–H and O–H groups in total. The number of carbonyl (C=O) groups excluding carboxylic acids is 1. The van der Waals surface area contributed by atoms with Crippen LogP contribution in [0.1, 0.15) is 17.5 Å². The lowest BCUT2D eigenvalue weighted by Crippen LogP contribution is -2.26. The number of benzene rings is 2. The number of hydrogen-bond donors (Lipinski definition) is 2. The number of aromatic nitrogens is 1. The average Bonchev–Trinajstić information content (AvgIpc) is 2.61. The highest BCUT2D eigenvalue weighted by Gasteiger charge is 2.06. The highest BCUT2D eigenvalue weighted by atomic mass is 35.5. The van der Waals surface area contributed by atoms with E-state index < -0.39 is 0 Å². The summed E-state index contributed by atoms with van der Waals surface area (Å²) in [6, 6.07) is 17.0. The molecule has 0 bridgehead atoms. The Bertz CT molecular complexity index is 932. The van der Waals surface area contributed by atoms with Crippen LogP contribution in [0.2, 0.25) is 5.02 Å². The molecule has 2 aromatic carbocycles. The fourth-order valence-electron chi connectivity index (χ4n) is 2.71. The SMILES string of the molecule is O=C(CCc1cc2ccccc2[nH]c1=O)NCCc1ccc(Cl)cc1. The minimum atomic E-state index is -0.132. The van der Waals surface area contributed by atoms with Gasteiger partial charge in [-0.25, -0.2) is 0 Å². The molecule has 5 heteroatoms. The normalized spacial score (nSPS) is 10.8. The number of fused-ring (bicyclic) bond motifs is 1. The second kappa shape index (κ2) is 7.99. The van der Waals surface area contributed by atoms with E-state index in [0.717, 1.165) is 22.9 Å². The van der Waals surface area contributed by atoms with Crippen molar-refractivity contribution >= 4 is 28.4 Å². The first-order valence-corrected chi connectivity index (χ1v) is 8.62. The highest BCUT2D eigenvalue weighted by molar-refractivity contribution is 6.30. The summed E-state index contributed by atoms with van der Waals surface area (Å²) in [5, 5.41) is 4.56. The van der Waals surface area contributed by atoms with Gasteiger partial charge in [-0.15, -0.1) is 0 Å². The van der Waals surface area contributed by atoms with Gasteiger partial charge in [0.2, 0.25) is 5.91 Å². The summed E-state index contributed by atoms with van der Waals surface area (Å²) in [4.78, 5) is 26.9. The van der Waals surface area contributed by atoms with Crippen molar-refractivity contribution in [3.8, 4) is 0 Å². The number of halogens is 1. The molecule has 0 unspecified atom stereocenters. The average molecular weight is 355 g/mol. The minimum absolute atomic E-state index is 0.0541. The molecule has 0 atom stereocenters. The van der Waals surface area contributed by atoms with Crippen molar-refractivity contribution in [2.75, 3.05) is 6.54 Å². The summed E-state index contributed by atoms with van der Waals surface area (Å²) in [6.07, 6.45) is 1.47. The van der Waals surface area contributed by atoms with Gasteiger partial charge < -0.3 is 10.3 Å². The first-order chi connectivity index (χ1) is 12.1. The minimum Gasteiger partial charge on any atom is -0.356 e. The number of para-hydroxylation sites is 1. The molecule has 0 fully saturated rings. The van der Waals surface area contributed by atoms with E-state index in [1.807, 2.05) is 54.6 Å². The van der Waals surface area contributed by atoms with E-state index in [0.29, 0.717) is 30.0 Å². The van der Waals surface area contributed by atoms with Crippen LogP contribution in [0.5, 0.6) is 0 Å². The van der Waals surface area contributed by atoms with Crippen LogP contribution < -0.4 is 10.9 Å². The summed E-state index contributed by atoms with van der Waals surface area (Å²) < 4.78 is 0. The van der Waals surface area contributed by atoms with E-state index in [-0.39, 0.29) is 11.5 Å². The molecule has 0 aliphatic carbocycles. The van der Waals surface area contributed by atoms with Crippen molar-refractivity contribution in [2.24, 2.45) is 0 Å². The third-order valence-electron chi connectivity index (χ3n) is 4.10. The smallest absolute Gasteiger partial charge is 0.251 e. The van der Waals surface area contributed by atoms with Crippen LogP contribution in [0, 0.1) is 0 Å². The Balaban J connectivity index is 1.51. The molecule has 1 aromatic heterocycles. The first-order valence-electron chi connectivity index (χ1n) is 8.24. The number of hydrogen-bond acceptors (Lipinski definition) is 2. The number of rotatable bonds is 6. The van der Waals surface area contributed by atoms with Crippen LogP contribution >= 0.6 is 11.6 Å². The maximum Gasteiger partial charge on any atom is 0.251 e. The second-order valence-electron chi connectivity index (χ2n) is 5.94. The summed E-state index contributed by atoms with van der Waals surface area (Å²) in [5.41, 5.74) is 2.43. The van der Waals surface area contributed by atoms with Crippen LogP contribution in [0.15, 0.2) is 59.4 Å². The van der Waals surface area contributed by atoms with Crippen LogP contribution in [0.4, 0.5) is 0 Å². The van der Waals surface area contributed by atoms with Crippen molar-refractivity contribution < 1.29 is 4.79 Å². The van der Waals surface area contributed by atoms with Gasteiger partial charge in [-0.2, -0.15) is 0 Å². The molecule has 0 radical (unpaired) electrons. The van der Waals surface area contributed by atoms with E-state index in [2.05, 4.69) is 10.3 Å². The molecule has 1 amide bonds. The van der Waals surface area contributed by atoms with Crippen molar-refractivity contribution in [2.45, 2.75) is 19.3 Å². The number of carbonyl (C=O) groups is 1. The van der Waals surface area contributed by atoms with Gasteiger partial charge in [-0.3, -0.25) is 9.59 Å². The first kappa shape index (κ1) is 17.2. The molecular weight excluding hydrogens is 336 g/mol. The number of nitrogens with one attached hydrogen (secondary N) is 2. The Hall–Kier alpha value is -2.59. The van der Waals surface area contributed by atoms with Crippen LogP contribution in [0.3, 0.4) is 0 Å². The largest absolute Gasteiger partial charge is 0.356 e. The fourth-order valence-corrected chi connectivity index (χ4v) is 2.84. The van der Waals surface area contributed by atoms with Crippen LogP contribution in [-0.4, -0.2) is 17.4 Å². The zero-order chi connectivity index (χ0) is 17.6. The third-order valence-corrected chi connectivity index (χ3v) is 4.35. The van der Waals surface area contributed by atoms with Gasteiger partial charge in [0.25, 0.3) is 5.56 Å². The zero-order valence-corrected chi connectivity index (χ0v) is 14.5. The highest BCUT2D eigenvalue weighted by Crippen LogP contribution is 2.11. The number of aromatic amines is 1. The molecule has 4 nitrogen and oxygen atoms in total. The van der Waals surface area contributed by atoms with Crippen LogP contribution in [-0.2, 0) is 17.6 Å². The summed E-state index contributed by atoms with van der Waals surface area (Å²) in [7, 11) is 0. The van der Waals surface area contributed by atoms with Gasteiger partial charge in [0, 0.05) is 29.1 Å². The molecule has 3 aromatic rings. The van der Waals surface area contributed by atoms with Gasteiger partial charge >= 0.3 is 0 Å². The van der Waals surface area contributed by atoms with Crippen LogP contribution in [0.25, 0.3) is 10.9 Å². The summed E-state index contributed by atoms with van der Waals surface area (Å²) >= 11 is 5.85. The Morgan fingerprint density at radius 3 is 2.60 bits per heavy atom. The lowest BCUT2D eigenvalue weighted by atomic mass is 10.1. The van der Waals surface area contributed by atoms with Crippen molar-refractivity contribution in [3.63, 3.8) is 0 Å². The molecule has 0 aliphatic heterocycles. The molecule has 0 aliphatic rings. The topological polar surface area (TPSA) is 62.0 Å². The standard InChI is InChI=1S/C20H19ClN2O2/c21-17-8-5-14(6-9-17)11-12-22-19(24)10-7-16-13-15-3-1-2-4-18(15)23-20(16)25/h1-6,8-9,13H,7,10-12H2,(H,22,24)(H,23,25). The predicted molar refractivity (Wildman–Crippen MR) is 101 cm³/mol. The van der Waals surface area contributed by atoms with Gasteiger partial charge in [-0.1, -0.05) is 41.9 Å². The van der Waals surface area contributed by atoms with Gasteiger partial charge in [-0.05, 0) is 48.1 Å². The monoisotopic (exact) mass is 354 g/mol. The maximum atomic E-state index is 12.1. The Morgan fingerprint density at radius 2 is 1.80 bits per heavy atom. The van der Waals surface area contributed by atoms with E-state index >= 15 is 0 Å². The van der Waals surface area contributed by atoms with E-state index in [9.17, 15) is 9.59 Å². The van der Waals surface area contributed by atoms with Gasteiger partial charge in [0.15, 0.2) is 0 Å². The Labute approximate surface area is 150 Å². The summed E-state index contributed by atoms with van der Waals surface area (Å²) in [6.45, 7) is 0.564. The number of pyridine rings is 1. The van der Waals surface area contributed by atoms with Gasteiger partial charge in [0.1, 0.15) is 0 Å². The molecule has 25 heavy (non-hydrogen) atoms. The Kier molecular flexibility index (Phi) is 5.51. The molecule has 0 saturated carbocycles. The molecule has 128 valence electrons. The van der Waals surface area contributed by atoms with E-state index in [1.165, 1.54) is 0 Å². The number of amides is 1. The van der Waals surface area contributed by atoms with E-state index in [1.54, 1.807) is 0 Å². The predicted octanol–water partition coefficient (Wildman–Crippen LogP) is 3.47. The lowest BCUT2D eigenvalue weighted by Gasteiger charge is -2.06. The molecule has 0 saturated heterocycles. The third kappa shape index (κ3) is 4.70. The quantitative estimate of drug-likeness (QED) is 0.712. The zero-order valence-electron chi connectivity index (χ0n) is 13.7. The maximum absolute atomic E-state index is 12.1. The number of aryl methyl sites for hydroxylation is 1. The molecule has 3 rings (SSSR count). The molecule has 1 heterocycles. The fraction of sp³-hybridized carbons (Fsp3) is 0.200. The van der Waals surface area contributed by atoms with Crippen molar-refractivity contribution in [1.29, 1.82) is 0 Å². The lowest BCUT2D eigenvalue weighted by molar-refractivity contribution is -0.121. The molecule has 0 spiro atoms. The summed E-state index contributed by atoms with van der Waals surface area (Å²) in [5.74, 6) is -0.0541. The van der Waals surface area contributed by atoms with Gasteiger partial charge in [0.05, 0.1) is 0 Å². The van der Waals surface area contributed by atoms with Crippen molar-refractivity contribution in [3.05, 3.63) is 81.1 Å². The van der Waals surface area contributed by atoms with E-state index in [4.69, 9.17) is 11.6 Å². The number of H-pyrrole nitrogens is 1.